The number of nitrogens with one attached hydrogen (secondary N) is 1. The molecule has 3 heteroatoms. The van der Waals surface area contributed by atoms with Crippen LogP contribution in [0.4, 0.5) is 0 Å². The first kappa shape index (κ1) is 9.06. The van der Waals surface area contributed by atoms with Crippen molar-refractivity contribution in [2.24, 2.45) is 0 Å². The quantitative estimate of drug-likeness (QED) is 0.670. The Kier molecular flexibility index (Phi) is 1.77. The topological polar surface area (TPSA) is 48.9 Å². The van der Waals surface area contributed by atoms with Gasteiger partial charge in [0.15, 0.2) is 0 Å². The number of aromatic amines is 1. The minimum absolute atomic E-state index is 0.0171. The maximum Gasteiger partial charge on any atom is 0.140 e. The van der Waals surface area contributed by atoms with Crippen LogP contribution in [0.1, 0.15) is 26.5 Å². The Morgan fingerprint density at radius 3 is 2.71 bits per heavy atom. The summed E-state index contributed by atoms with van der Waals surface area (Å²) in [7, 11) is 0. The van der Waals surface area contributed by atoms with Gasteiger partial charge in [-0.05, 0) is 6.07 Å². The van der Waals surface area contributed by atoms with E-state index < -0.39 is 0 Å². The van der Waals surface area contributed by atoms with Gasteiger partial charge in [0.1, 0.15) is 5.75 Å². The van der Waals surface area contributed by atoms with Crippen LogP contribution in [0, 0.1) is 0 Å². The monoisotopic (exact) mass is 190 g/mol. The Morgan fingerprint density at radius 1 is 1.36 bits per heavy atom. The van der Waals surface area contributed by atoms with E-state index >= 15 is 0 Å². The van der Waals surface area contributed by atoms with Crippen molar-refractivity contribution in [3.8, 4) is 5.75 Å². The maximum atomic E-state index is 9.54. The summed E-state index contributed by atoms with van der Waals surface area (Å²) in [6.45, 7) is 6.31. The molecule has 0 radical (unpaired) electrons. The van der Waals surface area contributed by atoms with Gasteiger partial charge in [-0.25, -0.2) is 0 Å². The van der Waals surface area contributed by atoms with E-state index in [2.05, 4.69) is 30.7 Å². The van der Waals surface area contributed by atoms with E-state index in [-0.39, 0.29) is 11.2 Å². The molecule has 2 rings (SSSR count). The minimum atomic E-state index is -0.0171. The number of nitrogens with zero attached hydrogens (tertiary/aromatic N) is 1. The first-order valence-electron chi connectivity index (χ1n) is 4.65. The zero-order valence-corrected chi connectivity index (χ0v) is 8.63. The molecule has 0 aromatic carbocycles. The highest BCUT2D eigenvalue weighted by Gasteiger charge is 2.19. The minimum Gasteiger partial charge on any atom is -0.506 e. The Labute approximate surface area is 82.8 Å². The highest BCUT2D eigenvalue weighted by Crippen LogP contribution is 2.31. The molecular weight excluding hydrogens is 176 g/mol. The van der Waals surface area contributed by atoms with Crippen molar-refractivity contribution >= 4 is 10.9 Å². The largest absolute Gasteiger partial charge is 0.506 e. The van der Waals surface area contributed by atoms with Gasteiger partial charge in [0.25, 0.3) is 0 Å². The van der Waals surface area contributed by atoms with E-state index in [4.69, 9.17) is 0 Å². The van der Waals surface area contributed by atoms with Crippen molar-refractivity contribution in [2.75, 3.05) is 0 Å². The molecule has 14 heavy (non-hydrogen) atoms. The molecule has 2 aromatic rings. The lowest BCUT2D eigenvalue weighted by atomic mass is 9.90. The van der Waals surface area contributed by atoms with Gasteiger partial charge in [0, 0.05) is 23.2 Å². The highest BCUT2D eigenvalue weighted by atomic mass is 16.3. The molecule has 0 unspecified atom stereocenters. The fraction of sp³-hybridized carbons (Fsp3) is 0.364. The van der Waals surface area contributed by atoms with Crippen LogP contribution in [0.3, 0.4) is 0 Å². The molecule has 0 amide bonds. The summed E-state index contributed by atoms with van der Waals surface area (Å²) in [5, 5.41) is 10.4. The van der Waals surface area contributed by atoms with Crippen molar-refractivity contribution < 1.29 is 5.11 Å². The van der Waals surface area contributed by atoms with Gasteiger partial charge in [0.2, 0.25) is 0 Å². The predicted octanol–water partition coefficient (Wildman–Crippen LogP) is 2.57. The molecule has 0 aliphatic rings. The molecule has 74 valence electrons. The third-order valence-electron chi connectivity index (χ3n) is 2.29. The molecule has 2 heterocycles. The summed E-state index contributed by atoms with van der Waals surface area (Å²) < 4.78 is 0. The van der Waals surface area contributed by atoms with Crippen LogP contribution in [-0.2, 0) is 5.41 Å². The first-order chi connectivity index (χ1) is 6.50. The summed E-state index contributed by atoms with van der Waals surface area (Å²) in [5.41, 5.74) is 1.89. The van der Waals surface area contributed by atoms with E-state index in [1.165, 1.54) is 0 Å². The third-order valence-corrected chi connectivity index (χ3v) is 2.29. The van der Waals surface area contributed by atoms with Gasteiger partial charge in [-0.3, -0.25) is 4.98 Å². The molecule has 0 bridgehead atoms. The summed E-state index contributed by atoms with van der Waals surface area (Å²) in [4.78, 5) is 7.40. The van der Waals surface area contributed by atoms with Crippen LogP contribution < -0.4 is 0 Å². The summed E-state index contributed by atoms with van der Waals surface area (Å²) in [6.07, 6.45) is 3.33. The molecule has 0 spiro atoms. The summed E-state index contributed by atoms with van der Waals surface area (Å²) >= 11 is 0. The summed E-state index contributed by atoms with van der Waals surface area (Å²) in [6, 6.07) is 1.82. The number of fused-ring (bicyclic) bond motifs is 1. The van der Waals surface area contributed by atoms with E-state index in [1.807, 2.05) is 6.07 Å². The Balaban J connectivity index is 2.79. The Bertz CT molecular complexity index is 466. The lowest BCUT2D eigenvalue weighted by molar-refractivity contribution is 0.481. The van der Waals surface area contributed by atoms with Gasteiger partial charge in [-0.1, -0.05) is 20.8 Å². The molecule has 0 fully saturated rings. The molecule has 3 nitrogen and oxygen atoms in total. The zero-order valence-electron chi connectivity index (χ0n) is 8.63. The fourth-order valence-corrected chi connectivity index (χ4v) is 1.61. The van der Waals surface area contributed by atoms with Crippen molar-refractivity contribution in [3.63, 3.8) is 0 Å². The van der Waals surface area contributed by atoms with E-state index in [9.17, 15) is 5.11 Å². The average molecular weight is 190 g/mol. The molecule has 2 aromatic heterocycles. The van der Waals surface area contributed by atoms with Crippen LogP contribution >= 0.6 is 0 Å². The number of hydrogen-bond acceptors (Lipinski definition) is 2. The van der Waals surface area contributed by atoms with Crippen molar-refractivity contribution in [2.45, 2.75) is 26.2 Å². The number of aromatic hydroxyl groups is 1. The van der Waals surface area contributed by atoms with Crippen LogP contribution in [0.5, 0.6) is 5.75 Å². The molecule has 0 atom stereocenters. The van der Waals surface area contributed by atoms with Crippen molar-refractivity contribution in [3.05, 3.63) is 24.2 Å². The van der Waals surface area contributed by atoms with E-state index in [1.54, 1.807) is 12.4 Å². The normalized spacial score (nSPS) is 12.2. The zero-order chi connectivity index (χ0) is 10.3. The smallest absolute Gasteiger partial charge is 0.140 e. The van der Waals surface area contributed by atoms with E-state index in [0.29, 0.717) is 0 Å². The predicted molar refractivity (Wildman–Crippen MR) is 56.5 cm³/mol. The lowest BCUT2D eigenvalue weighted by Crippen LogP contribution is -2.13. The Morgan fingerprint density at radius 2 is 2.07 bits per heavy atom. The molecule has 0 aliphatic carbocycles. The average Bonchev–Trinajstić information content (AvgIpc) is 2.46. The first-order valence-corrected chi connectivity index (χ1v) is 4.65. The second-order valence-corrected chi connectivity index (χ2v) is 4.51. The Hall–Kier alpha value is -1.51. The van der Waals surface area contributed by atoms with Crippen molar-refractivity contribution in [1.82, 2.24) is 9.97 Å². The van der Waals surface area contributed by atoms with Crippen LogP contribution in [0.2, 0.25) is 0 Å². The molecule has 0 aliphatic heterocycles. The fourth-order valence-electron chi connectivity index (χ4n) is 1.61. The summed E-state index contributed by atoms with van der Waals surface area (Å²) in [5.74, 6) is 0.285. The lowest BCUT2D eigenvalue weighted by Gasteiger charge is -2.18. The SMILES string of the molecule is CC(C)(C)c1nccc2c(O)c[nH]c12. The standard InChI is InChI=1S/C11H14N2O/c1-11(2,3)10-9-7(4-5-12-10)8(14)6-13-9/h4-6,13-14H,1-3H3. The molecule has 0 saturated carbocycles. The second-order valence-electron chi connectivity index (χ2n) is 4.51. The number of pyridine rings is 1. The van der Waals surface area contributed by atoms with Gasteiger partial charge in [-0.2, -0.15) is 0 Å². The second kappa shape index (κ2) is 2.74. The van der Waals surface area contributed by atoms with Gasteiger partial charge >= 0.3 is 0 Å². The van der Waals surface area contributed by atoms with Crippen LogP contribution in [0.15, 0.2) is 18.5 Å². The van der Waals surface area contributed by atoms with E-state index in [0.717, 1.165) is 16.6 Å². The van der Waals surface area contributed by atoms with Crippen LogP contribution in [0.25, 0.3) is 10.9 Å². The third kappa shape index (κ3) is 1.25. The number of aromatic nitrogens is 2. The van der Waals surface area contributed by atoms with Crippen LogP contribution in [-0.4, -0.2) is 15.1 Å². The number of hydrogen-bond donors (Lipinski definition) is 2. The number of H-pyrrole nitrogens is 1. The van der Waals surface area contributed by atoms with Gasteiger partial charge < -0.3 is 10.1 Å². The van der Waals surface area contributed by atoms with Crippen molar-refractivity contribution in [1.29, 1.82) is 0 Å². The van der Waals surface area contributed by atoms with Gasteiger partial charge in [0.05, 0.1) is 11.2 Å². The number of rotatable bonds is 0. The highest BCUT2D eigenvalue weighted by molar-refractivity contribution is 5.87. The molecular formula is C11H14N2O. The maximum absolute atomic E-state index is 9.54. The molecule has 0 saturated heterocycles. The molecule has 2 N–H and O–H groups in total. The van der Waals surface area contributed by atoms with Gasteiger partial charge in [-0.15, -0.1) is 0 Å².